The minimum atomic E-state index is -3.59. The van der Waals surface area contributed by atoms with Gasteiger partial charge in [0.15, 0.2) is 0 Å². The van der Waals surface area contributed by atoms with Gasteiger partial charge >= 0.3 is 7.60 Å². The number of benzene rings is 1. The van der Waals surface area contributed by atoms with E-state index in [9.17, 15) is 9.77 Å². The van der Waals surface area contributed by atoms with Gasteiger partial charge in [-0.25, -0.2) is 0 Å². The average molecular weight is 314 g/mol. The molecule has 6 heteroatoms. The first-order valence-electron chi connectivity index (χ1n) is 7.16. The first kappa shape index (κ1) is 18.3. The Morgan fingerprint density at radius 2 is 1.62 bits per heavy atom. The summed E-state index contributed by atoms with van der Waals surface area (Å²) in [6.07, 6.45) is 0. The van der Waals surface area contributed by atoms with E-state index in [0.717, 1.165) is 5.06 Å². The third-order valence-corrected chi connectivity index (χ3v) is 5.24. The van der Waals surface area contributed by atoms with Crippen LogP contribution in [0.1, 0.15) is 46.0 Å². The Hall–Kier alpha value is -0.710. The summed E-state index contributed by atoms with van der Waals surface area (Å²) in [5, 5.41) is 13.6. The standard InChI is InChI=1S/C15H25NO4P/c1-6-19-21(18,20-7-2)14(16(17)15(3,4)5)13-11-9-8-10-12-13/h8-12,14H,6-7H2,1-5H3. The van der Waals surface area contributed by atoms with Crippen LogP contribution in [0.15, 0.2) is 30.3 Å². The Morgan fingerprint density at radius 3 is 2.00 bits per heavy atom. The van der Waals surface area contributed by atoms with Crippen molar-refractivity contribution in [3.05, 3.63) is 41.1 Å². The second kappa shape index (κ2) is 7.52. The van der Waals surface area contributed by atoms with Gasteiger partial charge in [-0.2, -0.15) is 5.06 Å². The predicted molar refractivity (Wildman–Crippen MR) is 85.3 cm³/mol. The zero-order valence-electron chi connectivity index (χ0n) is 13.4. The van der Waals surface area contributed by atoms with E-state index in [2.05, 4.69) is 0 Å². The van der Waals surface area contributed by atoms with E-state index in [0.29, 0.717) is 5.56 Å². The van der Waals surface area contributed by atoms with E-state index in [1.165, 1.54) is 0 Å². The van der Waals surface area contributed by atoms with Crippen LogP contribution in [-0.4, -0.2) is 18.8 Å². The maximum atomic E-state index is 13.1. The van der Waals surface area contributed by atoms with Crippen molar-refractivity contribution < 1.29 is 13.6 Å². The molecule has 0 aliphatic rings. The van der Waals surface area contributed by atoms with Crippen LogP contribution in [-0.2, 0) is 13.6 Å². The number of hydrogen-bond donors (Lipinski definition) is 0. The molecule has 0 aromatic heterocycles. The fourth-order valence-electron chi connectivity index (χ4n) is 1.98. The quantitative estimate of drug-likeness (QED) is 0.425. The lowest BCUT2D eigenvalue weighted by atomic mass is 10.1. The third-order valence-electron chi connectivity index (χ3n) is 2.90. The van der Waals surface area contributed by atoms with E-state index in [-0.39, 0.29) is 13.2 Å². The van der Waals surface area contributed by atoms with E-state index >= 15 is 0 Å². The largest absolute Gasteiger partial charge is 0.580 e. The third kappa shape index (κ3) is 4.63. The summed E-state index contributed by atoms with van der Waals surface area (Å²) in [4.78, 5) is 0. The van der Waals surface area contributed by atoms with Crippen molar-refractivity contribution in [1.29, 1.82) is 0 Å². The molecule has 0 amide bonds. The summed E-state index contributed by atoms with van der Waals surface area (Å²) in [5.74, 6) is -0.974. The number of nitrogens with zero attached hydrogens (tertiary/aromatic N) is 1. The molecule has 1 unspecified atom stereocenters. The minimum Gasteiger partial charge on any atom is -0.580 e. The van der Waals surface area contributed by atoms with Gasteiger partial charge < -0.3 is 14.3 Å². The molecule has 21 heavy (non-hydrogen) atoms. The van der Waals surface area contributed by atoms with E-state index in [1.807, 2.05) is 6.07 Å². The molecule has 0 heterocycles. The number of hydroxylamine groups is 2. The van der Waals surface area contributed by atoms with Crippen molar-refractivity contribution in [2.24, 2.45) is 0 Å². The van der Waals surface area contributed by atoms with Crippen LogP contribution in [0, 0.1) is 5.21 Å². The van der Waals surface area contributed by atoms with Gasteiger partial charge in [0.1, 0.15) is 5.54 Å². The second-order valence-electron chi connectivity index (χ2n) is 5.66. The first-order valence-corrected chi connectivity index (χ1v) is 8.77. The fourth-order valence-corrected chi connectivity index (χ4v) is 4.19. The molecule has 0 saturated heterocycles. The summed E-state index contributed by atoms with van der Waals surface area (Å²) in [6, 6.07) is 9.00. The first-order chi connectivity index (χ1) is 9.76. The minimum absolute atomic E-state index is 0.221. The molecule has 0 saturated carbocycles. The van der Waals surface area contributed by atoms with Crippen molar-refractivity contribution in [3.8, 4) is 0 Å². The van der Waals surface area contributed by atoms with Crippen LogP contribution in [0.5, 0.6) is 0 Å². The Kier molecular flexibility index (Phi) is 6.57. The zero-order chi connectivity index (χ0) is 16.1. The van der Waals surface area contributed by atoms with Crippen molar-refractivity contribution >= 4 is 7.60 Å². The fraction of sp³-hybridized carbons (Fsp3) is 0.600. The summed E-state index contributed by atoms with van der Waals surface area (Å²) < 4.78 is 23.9. The normalized spacial score (nSPS) is 14.4. The Bertz CT molecular complexity index is 462. The smallest absolute Gasteiger partial charge is 0.397 e. The molecular weight excluding hydrogens is 289 g/mol. The highest BCUT2D eigenvalue weighted by molar-refractivity contribution is 7.54. The van der Waals surface area contributed by atoms with Gasteiger partial charge in [-0.05, 0) is 34.6 Å². The molecule has 5 nitrogen and oxygen atoms in total. The zero-order valence-corrected chi connectivity index (χ0v) is 14.3. The monoisotopic (exact) mass is 314 g/mol. The molecular formula is C15H25NO4P. The summed E-state index contributed by atoms with van der Waals surface area (Å²) in [5.41, 5.74) is -0.0858. The van der Waals surface area contributed by atoms with Crippen molar-refractivity contribution in [3.63, 3.8) is 0 Å². The molecule has 0 aliphatic heterocycles. The van der Waals surface area contributed by atoms with Crippen LogP contribution < -0.4 is 5.06 Å². The summed E-state index contributed by atoms with van der Waals surface area (Å²) >= 11 is 0. The molecule has 119 valence electrons. The van der Waals surface area contributed by atoms with Crippen LogP contribution in [0.3, 0.4) is 0 Å². The molecule has 0 spiro atoms. The van der Waals surface area contributed by atoms with Gasteiger partial charge in [-0.1, -0.05) is 30.3 Å². The predicted octanol–water partition coefficient (Wildman–Crippen LogP) is 4.39. The van der Waals surface area contributed by atoms with E-state index in [4.69, 9.17) is 9.05 Å². The Labute approximate surface area is 127 Å². The Balaban J connectivity index is 3.33. The SMILES string of the molecule is CCOP(=O)(OCC)C(c1ccccc1)[N+]([O-])C(C)(C)C. The van der Waals surface area contributed by atoms with E-state index in [1.54, 1.807) is 58.9 Å². The van der Waals surface area contributed by atoms with Crippen LogP contribution in [0.4, 0.5) is 0 Å². The van der Waals surface area contributed by atoms with Crippen molar-refractivity contribution in [2.75, 3.05) is 13.2 Å². The summed E-state index contributed by atoms with van der Waals surface area (Å²) in [6.45, 7) is 9.24. The van der Waals surface area contributed by atoms with Gasteiger partial charge in [-0.15, -0.1) is 0 Å². The molecule has 0 bridgehead atoms. The van der Waals surface area contributed by atoms with E-state index < -0.39 is 18.9 Å². The van der Waals surface area contributed by atoms with Gasteiger partial charge in [0.05, 0.1) is 13.2 Å². The van der Waals surface area contributed by atoms with Crippen molar-refractivity contribution in [2.45, 2.75) is 45.9 Å². The molecule has 1 aromatic carbocycles. The van der Waals surface area contributed by atoms with Gasteiger partial charge in [0, 0.05) is 5.56 Å². The highest BCUT2D eigenvalue weighted by atomic mass is 31.2. The number of hydrogen-bond acceptors (Lipinski definition) is 5. The molecule has 1 aromatic rings. The molecule has 0 fully saturated rings. The lowest BCUT2D eigenvalue weighted by molar-refractivity contribution is 0.183. The lowest BCUT2D eigenvalue weighted by Crippen LogP contribution is -2.44. The number of rotatable bonds is 7. The van der Waals surface area contributed by atoms with Gasteiger partial charge in [-0.3, -0.25) is 4.57 Å². The maximum Gasteiger partial charge on any atom is 0.397 e. The molecule has 1 radical (unpaired) electrons. The van der Waals surface area contributed by atoms with Crippen LogP contribution >= 0.6 is 7.60 Å². The lowest BCUT2D eigenvalue weighted by Gasteiger charge is -2.36. The second-order valence-corrected chi connectivity index (χ2v) is 7.74. The Morgan fingerprint density at radius 1 is 1.14 bits per heavy atom. The highest BCUT2D eigenvalue weighted by Crippen LogP contribution is 2.62. The average Bonchev–Trinajstić information content (AvgIpc) is 2.39. The molecule has 0 N–H and O–H groups in total. The topological polar surface area (TPSA) is 64.5 Å². The van der Waals surface area contributed by atoms with Crippen LogP contribution in [0.25, 0.3) is 0 Å². The highest BCUT2D eigenvalue weighted by Gasteiger charge is 2.49. The molecule has 1 atom stereocenters. The maximum absolute atomic E-state index is 13.1. The van der Waals surface area contributed by atoms with Crippen LogP contribution in [0.2, 0.25) is 0 Å². The van der Waals surface area contributed by atoms with Crippen molar-refractivity contribution in [1.82, 2.24) is 5.06 Å². The molecule has 0 aliphatic carbocycles. The van der Waals surface area contributed by atoms with Gasteiger partial charge in [0.2, 0.25) is 0 Å². The summed E-state index contributed by atoms with van der Waals surface area (Å²) in [7, 11) is -3.59. The molecule has 1 rings (SSSR count). The van der Waals surface area contributed by atoms with Gasteiger partial charge in [0.25, 0.3) is 5.78 Å².